The highest BCUT2D eigenvalue weighted by molar-refractivity contribution is 9.10. The third kappa shape index (κ3) is 4.56. The summed E-state index contributed by atoms with van der Waals surface area (Å²) in [6.07, 6.45) is 1.44. The number of hydrogen-bond donors (Lipinski definition) is 3. The maximum Gasteiger partial charge on any atom is 0.343 e. The Morgan fingerprint density at radius 1 is 1.31 bits per heavy atom. The Labute approximate surface area is 100 Å². The van der Waals surface area contributed by atoms with Gasteiger partial charge in [0.1, 0.15) is 0 Å². The number of benzene rings is 1. The van der Waals surface area contributed by atoms with Crippen LogP contribution < -0.4 is 16.5 Å². The van der Waals surface area contributed by atoms with Crippen molar-refractivity contribution in [3.63, 3.8) is 0 Å². The first-order chi connectivity index (χ1) is 7.58. The number of imide groups is 1. The number of carbonyl (C=O) groups is 2. The zero-order valence-electron chi connectivity index (χ0n) is 8.11. The Morgan fingerprint density at radius 2 is 1.94 bits per heavy atom. The quantitative estimate of drug-likeness (QED) is 0.561. The van der Waals surface area contributed by atoms with E-state index in [2.05, 4.69) is 26.5 Å². The van der Waals surface area contributed by atoms with Gasteiger partial charge in [0.05, 0.1) is 6.21 Å². The number of hydrogen-bond acceptors (Lipinski definition) is 3. The summed E-state index contributed by atoms with van der Waals surface area (Å²) in [5, 5.41) is 5.42. The minimum Gasteiger partial charge on any atom is -0.351 e. The van der Waals surface area contributed by atoms with Crippen molar-refractivity contribution in [1.82, 2.24) is 10.7 Å². The molecule has 1 aromatic carbocycles. The Morgan fingerprint density at radius 3 is 2.50 bits per heavy atom. The third-order valence-electron chi connectivity index (χ3n) is 1.49. The predicted molar refractivity (Wildman–Crippen MR) is 63.0 cm³/mol. The fourth-order valence-corrected chi connectivity index (χ4v) is 1.12. The molecule has 0 aliphatic rings. The van der Waals surface area contributed by atoms with E-state index in [9.17, 15) is 9.59 Å². The van der Waals surface area contributed by atoms with E-state index in [0.29, 0.717) is 0 Å². The van der Waals surface area contributed by atoms with Gasteiger partial charge >= 0.3 is 12.1 Å². The van der Waals surface area contributed by atoms with Crippen LogP contribution in [0.25, 0.3) is 0 Å². The molecule has 4 N–H and O–H groups in total. The molecule has 0 unspecified atom stereocenters. The van der Waals surface area contributed by atoms with Crippen LogP contribution in [0, 0.1) is 0 Å². The molecule has 0 radical (unpaired) electrons. The van der Waals surface area contributed by atoms with Crippen molar-refractivity contribution in [3.05, 3.63) is 34.3 Å². The van der Waals surface area contributed by atoms with E-state index in [0.717, 1.165) is 10.0 Å². The van der Waals surface area contributed by atoms with Gasteiger partial charge < -0.3 is 5.73 Å². The van der Waals surface area contributed by atoms with Crippen molar-refractivity contribution >= 4 is 34.2 Å². The number of carbonyl (C=O) groups excluding carboxylic acids is 2. The van der Waals surface area contributed by atoms with Crippen LogP contribution in [0.15, 0.2) is 33.8 Å². The summed E-state index contributed by atoms with van der Waals surface area (Å²) in [5.74, 6) is 0. The average Bonchev–Trinajstić information content (AvgIpc) is 2.20. The van der Waals surface area contributed by atoms with Crippen LogP contribution in [-0.4, -0.2) is 18.3 Å². The smallest absolute Gasteiger partial charge is 0.343 e. The number of primary amides is 1. The molecule has 0 saturated heterocycles. The van der Waals surface area contributed by atoms with E-state index in [1.54, 1.807) is 17.4 Å². The second kappa shape index (κ2) is 5.86. The van der Waals surface area contributed by atoms with Crippen molar-refractivity contribution in [2.24, 2.45) is 10.8 Å². The number of hydrazone groups is 1. The standard InChI is InChI=1S/C9H9BrN4O2/c10-7-3-1-6(2-4-7)5-12-14-9(16)13-8(11)15/h1-5H,(H4,11,13,14,15,16)/b12-5+. The number of nitrogens with two attached hydrogens (primary N) is 1. The summed E-state index contributed by atoms with van der Waals surface area (Å²) in [6.45, 7) is 0. The van der Waals surface area contributed by atoms with E-state index >= 15 is 0 Å². The first-order valence-electron chi connectivity index (χ1n) is 4.23. The molecule has 7 heteroatoms. The number of nitrogens with zero attached hydrogens (tertiary/aromatic N) is 1. The van der Waals surface area contributed by atoms with E-state index in [1.807, 2.05) is 12.1 Å². The van der Waals surface area contributed by atoms with Gasteiger partial charge in [-0.1, -0.05) is 28.1 Å². The van der Waals surface area contributed by atoms with Crippen LogP contribution >= 0.6 is 15.9 Å². The molecule has 1 aromatic rings. The predicted octanol–water partition coefficient (Wildman–Crippen LogP) is 1.16. The second-order valence-electron chi connectivity index (χ2n) is 2.74. The molecule has 84 valence electrons. The number of nitrogens with one attached hydrogen (secondary N) is 2. The summed E-state index contributed by atoms with van der Waals surface area (Å²) in [4.78, 5) is 21.1. The van der Waals surface area contributed by atoms with Crippen molar-refractivity contribution < 1.29 is 9.59 Å². The lowest BCUT2D eigenvalue weighted by atomic mass is 10.2. The molecule has 0 fully saturated rings. The summed E-state index contributed by atoms with van der Waals surface area (Å²) in [6, 6.07) is 5.58. The minimum atomic E-state index is -0.934. The Bertz CT molecular complexity index is 416. The van der Waals surface area contributed by atoms with Crippen molar-refractivity contribution in [1.29, 1.82) is 0 Å². The fraction of sp³-hybridized carbons (Fsp3) is 0. The van der Waals surface area contributed by atoms with Gasteiger partial charge in [0.15, 0.2) is 0 Å². The maximum atomic E-state index is 10.9. The van der Waals surface area contributed by atoms with Gasteiger partial charge in [0.25, 0.3) is 0 Å². The molecule has 0 heterocycles. The summed E-state index contributed by atoms with van der Waals surface area (Å²) >= 11 is 3.29. The monoisotopic (exact) mass is 284 g/mol. The lowest BCUT2D eigenvalue weighted by Crippen LogP contribution is -2.40. The van der Waals surface area contributed by atoms with E-state index in [1.165, 1.54) is 6.21 Å². The molecule has 4 amide bonds. The van der Waals surface area contributed by atoms with Gasteiger partial charge in [-0.05, 0) is 17.7 Å². The molecule has 0 atom stereocenters. The van der Waals surface area contributed by atoms with E-state index in [-0.39, 0.29) is 0 Å². The first-order valence-corrected chi connectivity index (χ1v) is 5.02. The van der Waals surface area contributed by atoms with Crippen molar-refractivity contribution in [2.75, 3.05) is 0 Å². The number of rotatable bonds is 2. The number of amides is 4. The highest BCUT2D eigenvalue weighted by Gasteiger charge is 1.99. The lowest BCUT2D eigenvalue weighted by molar-refractivity contribution is 0.232. The van der Waals surface area contributed by atoms with Crippen LogP contribution in [0.2, 0.25) is 0 Å². The number of halogens is 1. The van der Waals surface area contributed by atoms with Crippen LogP contribution in [0.3, 0.4) is 0 Å². The van der Waals surface area contributed by atoms with Crippen molar-refractivity contribution in [2.45, 2.75) is 0 Å². The van der Waals surface area contributed by atoms with Crippen LogP contribution in [0.4, 0.5) is 9.59 Å². The Kier molecular flexibility index (Phi) is 4.46. The Hall–Kier alpha value is -1.89. The van der Waals surface area contributed by atoms with Crippen LogP contribution in [0.1, 0.15) is 5.56 Å². The molecule has 0 aromatic heterocycles. The second-order valence-corrected chi connectivity index (χ2v) is 3.66. The normalized spacial score (nSPS) is 10.1. The van der Waals surface area contributed by atoms with E-state index < -0.39 is 12.1 Å². The molecule has 0 saturated carbocycles. The Balaban J connectivity index is 2.45. The molecular weight excluding hydrogens is 276 g/mol. The molecule has 0 bridgehead atoms. The molecule has 16 heavy (non-hydrogen) atoms. The molecular formula is C9H9BrN4O2. The van der Waals surface area contributed by atoms with Crippen LogP contribution in [0.5, 0.6) is 0 Å². The van der Waals surface area contributed by atoms with Gasteiger partial charge in [0, 0.05) is 4.47 Å². The van der Waals surface area contributed by atoms with Crippen molar-refractivity contribution in [3.8, 4) is 0 Å². The highest BCUT2D eigenvalue weighted by Crippen LogP contribution is 2.08. The summed E-state index contributed by atoms with van der Waals surface area (Å²) in [7, 11) is 0. The third-order valence-corrected chi connectivity index (χ3v) is 2.02. The minimum absolute atomic E-state index is 0.777. The van der Waals surface area contributed by atoms with Crippen LogP contribution in [-0.2, 0) is 0 Å². The van der Waals surface area contributed by atoms with Gasteiger partial charge in [0.2, 0.25) is 0 Å². The van der Waals surface area contributed by atoms with Gasteiger partial charge in [-0.15, -0.1) is 0 Å². The number of urea groups is 2. The summed E-state index contributed by atoms with van der Waals surface area (Å²) in [5.41, 5.74) is 7.62. The van der Waals surface area contributed by atoms with E-state index in [4.69, 9.17) is 5.73 Å². The average molecular weight is 285 g/mol. The maximum absolute atomic E-state index is 10.9. The zero-order valence-corrected chi connectivity index (χ0v) is 9.69. The fourth-order valence-electron chi connectivity index (χ4n) is 0.854. The van der Waals surface area contributed by atoms with Gasteiger partial charge in [-0.3, -0.25) is 5.32 Å². The highest BCUT2D eigenvalue weighted by atomic mass is 79.9. The molecule has 0 aliphatic carbocycles. The zero-order chi connectivity index (χ0) is 12.0. The summed E-state index contributed by atoms with van der Waals surface area (Å²) < 4.78 is 0.948. The first kappa shape index (κ1) is 12.2. The van der Waals surface area contributed by atoms with Gasteiger partial charge in [-0.2, -0.15) is 5.10 Å². The largest absolute Gasteiger partial charge is 0.351 e. The molecule has 0 aliphatic heterocycles. The molecule has 6 nitrogen and oxygen atoms in total. The van der Waals surface area contributed by atoms with Gasteiger partial charge in [-0.25, -0.2) is 15.0 Å². The SMILES string of the molecule is NC(=O)NC(=O)N/N=C/c1ccc(Br)cc1. The topological polar surface area (TPSA) is 96.6 Å². The molecule has 1 rings (SSSR count). The molecule has 0 spiro atoms. The lowest BCUT2D eigenvalue weighted by Gasteiger charge is -1.98.